The number of hydrogen-bond donors (Lipinski definition) is 1. The summed E-state index contributed by atoms with van der Waals surface area (Å²) in [6, 6.07) is 2.50. The van der Waals surface area contributed by atoms with Crippen molar-refractivity contribution in [2.45, 2.75) is 40.3 Å². The first-order valence-corrected chi connectivity index (χ1v) is 6.51. The maximum atomic E-state index is 5.61. The quantitative estimate of drug-likeness (QED) is 0.907. The number of nitrogens with one attached hydrogen (secondary N) is 1. The molecule has 2 aromatic heterocycles. The molecule has 0 spiro atoms. The summed E-state index contributed by atoms with van der Waals surface area (Å²) in [6.45, 7) is 8.98. The second-order valence-electron chi connectivity index (χ2n) is 4.39. The smallest absolute Gasteiger partial charge is 0.257 e. The van der Waals surface area contributed by atoms with Crippen LogP contribution in [0.4, 0.5) is 0 Å². The lowest BCUT2D eigenvalue weighted by Gasteiger charge is -2.03. The maximum absolute atomic E-state index is 5.61. The van der Waals surface area contributed by atoms with Crippen LogP contribution in [0, 0.1) is 13.8 Å². The first-order valence-electron chi connectivity index (χ1n) is 5.69. The van der Waals surface area contributed by atoms with Crippen LogP contribution in [0.3, 0.4) is 0 Å². The van der Waals surface area contributed by atoms with E-state index in [1.807, 2.05) is 0 Å². The Morgan fingerprint density at radius 3 is 2.71 bits per heavy atom. The molecular weight excluding hydrogens is 234 g/mol. The highest BCUT2D eigenvalue weighted by molar-refractivity contribution is 7.15. The van der Waals surface area contributed by atoms with E-state index in [2.05, 4.69) is 49.3 Å². The third-order valence-electron chi connectivity index (χ3n) is 2.51. The van der Waals surface area contributed by atoms with Crippen molar-refractivity contribution in [1.82, 2.24) is 15.5 Å². The SMILES string of the molecule is Cc1cc(-c2nnc(CNC(C)C)o2)sc1C. The molecule has 0 unspecified atom stereocenters. The number of aromatic nitrogens is 2. The van der Waals surface area contributed by atoms with Gasteiger partial charge in [0.2, 0.25) is 5.89 Å². The molecule has 1 N–H and O–H groups in total. The van der Waals surface area contributed by atoms with E-state index in [0.717, 1.165) is 4.88 Å². The van der Waals surface area contributed by atoms with Gasteiger partial charge in [0.25, 0.3) is 5.89 Å². The van der Waals surface area contributed by atoms with E-state index in [1.165, 1.54) is 10.4 Å². The van der Waals surface area contributed by atoms with Crippen molar-refractivity contribution in [3.8, 4) is 10.8 Å². The second kappa shape index (κ2) is 4.98. The summed E-state index contributed by atoms with van der Waals surface area (Å²) in [6.07, 6.45) is 0. The van der Waals surface area contributed by atoms with E-state index in [9.17, 15) is 0 Å². The van der Waals surface area contributed by atoms with E-state index in [-0.39, 0.29) is 0 Å². The van der Waals surface area contributed by atoms with Crippen molar-refractivity contribution in [2.24, 2.45) is 0 Å². The fourth-order valence-corrected chi connectivity index (χ4v) is 2.35. The van der Waals surface area contributed by atoms with Gasteiger partial charge in [0.05, 0.1) is 11.4 Å². The van der Waals surface area contributed by atoms with E-state index in [4.69, 9.17) is 4.42 Å². The van der Waals surface area contributed by atoms with Crippen molar-refractivity contribution in [1.29, 1.82) is 0 Å². The molecule has 4 nitrogen and oxygen atoms in total. The average molecular weight is 251 g/mol. The van der Waals surface area contributed by atoms with Crippen molar-refractivity contribution in [3.05, 3.63) is 22.4 Å². The highest BCUT2D eigenvalue weighted by atomic mass is 32.1. The largest absolute Gasteiger partial charge is 0.419 e. The van der Waals surface area contributed by atoms with Crippen LogP contribution in [0.5, 0.6) is 0 Å². The van der Waals surface area contributed by atoms with Crippen molar-refractivity contribution >= 4 is 11.3 Å². The number of hydrogen-bond acceptors (Lipinski definition) is 5. The zero-order valence-electron chi connectivity index (χ0n) is 10.6. The zero-order chi connectivity index (χ0) is 12.4. The van der Waals surface area contributed by atoms with E-state index >= 15 is 0 Å². The van der Waals surface area contributed by atoms with Crippen LogP contribution in [-0.2, 0) is 6.54 Å². The molecular formula is C12H17N3OS. The van der Waals surface area contributed by atoms with Crippen LogP contribution >= 0.6 is 11.3 Å². The molecule has 0 aliphatic rings. The minimum atomic E-state index is 0.413. The number of thiophene rings is 1. The summed E-state index contributed by atoms with van der Waals surface area (Å²) in [7, 11) is 0. The summed E-state index contributed by atoms with van der Waals surface area (Å²) in [4.78, 5) is 2.34. The molecule has 0 saturated heterocycles. The maximum Gasteiger partial charge on any atom is 0.257 e. The standard InChI is InChI=1S/C12H17N3OS/c1-7(2)13-6-11-14-15-12(16-11)10-5-8(3)9(4)17-10/h5,7,13H,6H2,1-4H3. The summed E-state index contributed by atoms with van der Waals surface area (Å²) >= 11 is 1.69. The molecule has 0 fully saturated rings. The molecule has 2 rings (SSSR count). The fraction of sp³-hybridized carbons (Fsp3) is 0.500. The van der Waals surface area contributed by atoms with Gasteiger partial charge in [-0.1, -0.05) is 13.8 Å². The minimum Gasteiger partial charge on any atom is -0.419 e. The van der Waals surface area contributed by atoms with Gasteiger partial charge in [0.15, 0.2) is 0 Å². The monoisotopic (exact) mass is 251 g/mol. The van der Waals surface area contributed by atoms with Gasteiger partial charge in [-0.25, -0.2) is 0 Å². The van der Waals surface area contributed by atoms with Crippen molar-refractivity contribution in [2.75, 3.05) is 0 Å². The topological polar surface area (TPSA) is 51.0 Å². The normalized spacial score (nSPS) is 11.4. The van der Waals surface area contributed by atoms with E-state index < -0.39 is 0 Å². The third-order valence-corrected chi connectivity index (χ3v) is 3.65. The van der Waals surface area contributed by atoms with Gasteiger partial charge in [-0.3, -0.25) is 0 Å². The summed E-state index contributed by atoms with van der Waals surface area (Å²) in [5.74, 6) is 1.25. The molecule has 0 amide bonds. The molecule has 0 bridgehead atoms. The number of nitrogens with zero attached hydrogens (tertiary/aromatic N) is 2. The highest BCUT2D eigenvalue weighted by Crippen LogP contribution is 2.29. The second-order valence-corrected chi connectivity index (χ2v) is 5.64. The molecule has 0 atom stereocenters. The van der Waals surface area contributed by atoms with Crippen LogP contribution in [0.25, 0.3) is 10.8 Å². The summed E-state index contributed by atoms with van der Waals surface area (Å²) in [5, 5.41) is 11.4. The molecule has 0 aromatic carbocycles. The number of aryl methyl sites for hydroxylation is 2. The Hall–Kier alpha value is -1.20. The lowest BCUT2D eigenvalue weighted by Crippen LogP contribution is -2.21. The summed E-state index contributed by atoms with van der Waals surface area (Å²) in [5.41, 5.74) is 1.27. The van der Waals surface area contributed by atoms with Crippen LogP contribution in [0.15, 0.2) is 10.5 Å². The molecule has 2 heterocycles. The lowest BCUT2D eigenvalue weighted by atomic mass is 10.3. The first kappa shape index (κ1) is 12.3. The highest BCUT2D eigenvalue weighted by Gasteiger charge is 2.11. The van der Waals surface area contributed by atoms with Crippen LogP contribution in [-0.4, -0.2) is 16.2 Å². The van der Waals surface area contributed by atoms with Crippen LogP contribution in [0.2, 0.25) is 0 Å². The summed E-state index contributed by atoms with van der Waals surface area (Å²) < 4.78 is 5.61. The predicted octanol–water partition coefficient (Wildman–Crippen LogP) is 2.91. The Balaban J connectivity index is 2.12. The lowest BCUT2D eigenvalue weighted by molar-refractivity contribution is 0.459. The number of rotatable bonds is 4. The van der Waals surface area contributed by atoms with E-state index in [1.54, 1.807) is 11.3 Å². The van der Waals surface area contributed by atoms with Gasteiger partial charge in [-0.05, 0) is 25.5 Å². The van der Waals surface area contributed by atoms with E-state index in [0.29, 0.717) is 24.4 Å². The molecule has 2 aromatic rings. The molecule has 17 heavy (non-hydrogen) atoms. The van der Waals surface area contributed by atoms with Gasteiger partial charge in [0, 0.05) is 10.9 Å². The van der Waals surface area contributed by atoms with Gasteiger partial charge in [-0.2, -0.15) is 0 Å². The van der Waals surface area contributed by atoms with Crippen molar-refractivity contribution in [3.63, 3.8) is 0 Å². The fourth-order valence-electron chi connectivity index (χ4n) is 1.39. The Labute approximate surface area is 105 Å². The molecule has 0 saturated carbocycles. The third kappa shape index (κ3) is 2.92. The Kier molecular flexibility index (Phi) is 3.59. The molecule has 0 aliphatic heterocycles. The molecule has 0 aliphatic carbocycles. The average Bonchev–Trinajstić information content (AvgIpc) is 2.84. The molecule has 0 radical (unpaired) electrons. The first-order chi connectivity index (χ1) is 8.06. The molecule has 92 valence electrons. The van der Waals surface area contributed by atoms with Gasteiger partial charge in [-0.15, -0.1) is 21.5 Å². The Morgan fingerprint density at radius 2 is 2.12 bits per heavy atom. The minimum absolute atomic E-state index is 0.413. The van der Waals surface area contributed by atoms with Crippen LogP contribution in [0.1, 0.15) is 30.2 Å². The Morgan fingerprint density at radius 1 is 1.35 bits per heavy atom. The molecule has 5 heteroatoms. The Bertz CT molecular complexity index is 482. The zero-order valence-corrected chi connectivity index (χ0v) is 11.4. The van der Waals surface area contributed by atoms with Gasteiger partial charge >= 0.3 is 0 Å². The van der Waals surface area contributed by atoms with Gasteiger partial charge in [0.1, 0.15) is 0 Å². The van der Waals surface area contributed by atoms with Gasteiger partial charge < -0.3 is 9.73 Å². The van der Waals surface area contributed by atoms with Crippen LogP contribution < -0.4 is 5.32 Å². The predicted molar refractivity (Wildman–Crippen MR) is 69.1 cm³/mol. The van der Waals surface area contributed by atoms with Crippen molar-refractivity contribution < 1.29 is 4.42 Å².